The molecule has 0 bridgehead atoms. The van der Waals surface area contributed by atoms with E-state index in [9.17, 15) is 0 Å². The zero-order valence-electron chi connectivity index (χ0n) is 14.7. The van der Waals surface area contributed by atoms with E-state index in [4.69, 9.17) is 17.0 Å². The van der Waals surface area contributed by atoms with Crippen LogP contribution in [-0.4, -0.2) is 0 Å². The molecule has 0 saturated heterocycles. The maximum atomic E-state index is 4.93. The fourth-order valence-electron chi connectivity index (χ4n) is 3.20. The summed E-state index contributed by atoms with van der Waals surface area (Å²) >= 11 is -0.826. The van der Waals surface area contributed by atoms with Gasteiger partial charge in [-0.15, -0.1) is 34.5 Å². The van der Waals surface area contributed by atoms with E-state index >= 15 is 0 Å². The minimum atomic E-state index is -0.826. The molecule has 0 amide bonds. The fraction of sp³-hybridized carbons (Fsp3) is 0.286. The van der Waals surface area contributed by atoms with Crippen molar-refractivity contribution in [3.05, 3.63) is 65.2 Å². The third-order valence-electron chi connectivity index (χ3n) is 4.43. The van der Waals surface area contributed by atoms with E-state index in [2.05, 4.69) is 76.2 Å². The average Bonchev–Trinajstić information content (AvgIpc) is 2.98. The van der Waals surface area contributed by atoms with Crippen molar-refractivity contribution < 1.29 is 20.8 Å². The van der Waals surface area contributed by atoms with Crippen molar-refractivity contribution in [1.82, 2.24) is 0 Å². The van der Waals surface area contributed by atoms with Crippen molar-refractivity contribution >= 4 is 27.8 Å². The summed E-state index contributed by atoms with van der Waals surface area (Å²) in [5.74, 6) is 0.531. The summed E-state index contributed by atoms with van der Waals surface area (Å²) in [4.78, 5) is 0. The van der Waals surface area contributed by atoms with Gasteiger partial charge in [-0.25, -0.2) is 0 Å². The molecule has 0 nitrogen and oxygen atoms in total. The Balaban J connectivity index is 0.000000647. The molecule has 3 aromatic rings. The topological polar surface area (TPSA) is 0 Å². The minimum absolute atomic E-state index is 0.531. The normalized spacial score (nSPS) is 10.6. The van der Waals surface area contributed by atoms with Crippen molar-refractivity contribution in [3.63, 3.8) is 0 Å². The molecule has 3 heteroatoms. The van der Waals surface area contributed by atoms with Crippen molar-refractivity contribution in [2.24, 2.45) is 0 Å². The average molecular weight is 438 g/mol. The maximum absolute atomic E-state index is 4.93. The van der Waals surface area contributed by atoms with Crippen LogP contribution in [0.3, 0.4) is 0 Å². The Morgan fingerprint density at radius 3 is 2.33 bits per heavy atom. The van der Waals surface area contributed by atoms with Gasteiger partial charge in [0, 0.05) is 0 Å². The van der Waals surface area contributed by atoms with Crippen LogP contribution in [0.25, 0.3) is 21.9 Å². The molecule has 0 atom stereocenters. The van der Waals surface area contributed by atoms with Crippen LogP contribution in [0, 0.1) is 6.92 Å². The molecule has 0 unspecified atom stereocenters. The standard InChI is InChI=1S/C21H23.2ClH.Zr/c1-5-16-12-17-10-11-18(14(2)3)21(20(17)13-16)19-9-7-6-8-15(19)4;;;/h6-14H,5H2,1-4H3;2*1H;/q-1;;;+2/p-2. The number of hydrogen-bond donors (Lipinski definition) is 0. The van der Waals surface area contributed by atoms with Crippen LogP contribution in [0.1, 0.15) is 43.4 Å². The molecule has 126 valence electrons. The van der Waals surface area contributed by atoms with E-state index in [1.54, 1.807) is 0 Å². The second-order valence-electron chi connectivity index (χ2n) is 6.29. The van der Waals surface area contributed by atoms with Gasteiger partial charge in [-0.1, -0.05) is 56.2 Å². The first-order chi connectivity index (χ1) is 11.5. The Bertz CT molecular complexity index is 803. The summed E-state index contributed by atoms with van der Waals surface area (Å²) in [6.07, 6.45) is 1.10. The van der Waals surface area contributed by atoms with E-state index in [0.29, 0.717) is 5.92 Å². The molecule has 0 aliphatic rings. The van der Waals surface area contributed by atoms with Crippen LogP contribution in [0.4, 0.5) is 0 Å². The van der Waals surface area contributed by atoms with E-state index < -0.39 is 20.8 Å². The van der Waals surface area contributed by atoms with Crippen molar-refractivity contribution in [2.75, 3.05) is 0 Å². The van der Waals surface area contributed by atoms with Crippen molar-refractivity contribution in [2.45, 2.75) is 40.0 Å². The summed E-state index contributed by atoms with van der Waals surface area (Å²) in [5, 5.41) is 2.78. The fourth-order valence-corrected chi connectivity index (χ4v) is 3.20. The van der Waals surface area contributed by atoms with Gasteiger partial charge in [0.1, 0.15) is 0 Å². The molecule has 0 aliphatic carbocycles. The van der Waals surface area contributed by atoms with Gasteiger partial charge in [-0.2, -0.15) is 6.07 Å². The Morgan fingerprint density at radius 1 is 1.08 bits per heavy atom. The Labute approximate surface area is 164 Å². The van der Waals surface area contributed by atoms with Gasteiger partial charge in [0.15, 0.2) is 0 Å². The molecule has 0 saturated carbocycles. The Hall–Kier alpha value is -0.487. The van der Waals surface area contributed by atoms with Crippen LogP contribution in [0.5, 0.6) is 0 Å². The van der Waals surface area contributed by atoms with Crippen LogP contribution < -0.4 is 0 Å². The molecule has 0 radical (unpaired) electrons. The monoisotopic (exact) mass is 435 g/mol. The molecule has 0 fully saturated rings. The van der Waals surface area contributed by atoms with E-state index in [-0.39, 0.29) is 0 Å². The first kappa shape index (κ1) is 19.8. The molecule has 0 spiro atoms. The Kier molecular flexibility index (Phi) is 7.67. The van der Waals surface area contributed by atoms with Gasteiger partial charge in [-0.3, -0.25) is 0 Å². The van der Waals surface area contributed by atoms with Crippen LogP contribution in [0.2, 0.25) is 0 Å². The van der Waals surface area contributed by atoms with Gasteiger partial charge in [0.25, 0.3) is 0 Å². The van der Waals surface area contributed by atoms with E-state index in [0.717, 1.165) is 6.42 Å². The number of benzene rings is 2. The molecular formula is C21H23Cl2Zr-. The van der Waals surface area contributed by atoms with Gasteiger partial charge < -0.3 is 0 Å². The molecule has 3 aromatic carbocycles. The first-order valence-electron chi connectivity index (χ1n) is 8.27. The summed E-state index contributed by atoms with van der Waals surface area (Å²) in [5.41, 5.74) is 7.04. The zero-order valence-corrected chi connectivity index (χ0v) is 18.6. The second-order valence-corrected chi connectivity index (χ2v) is 10.0. The SMILES string of the molecule is CCc1cc2c(-c3ccccc3C)c(C(C)C)ccc2[cH-]1.[Cl][Zr][Cl]. The van der Waals surface area contributed by atoms with Crippen LogP contribution in [0.15, 0.2) is 48.5 Å². The van der Waals surface area contributed by atoms with Crippen molar-refractivity contribution in [3.8, 4) is 11.1 Å². The van der Waals surface area contributed by atoms with Gasteiger partial charge >= 0.3 is 37.9 Å². The molecule has 3 rings (SSSR count). The number of hydrogen-bond acceptors (Lipinski definition) is 0. The van der Waals surface area contributed by atoms with Gasteiger partial charge in [0.05, 0.1) is 0 Å². The first-order valence-corrected chi connectivity index (χ1v) is 14.6. The quantitative estimate of drug-likeness (QED) is 0.370. The van der Waals surface area contributed by atoms with Crippen LogP contribution in [-0.2, 0) is 27.3 Å². The van der Waals surface area contributed by atoms with E-state index in [1.165, 1.54) is 38.6 Å². The molecule has 0 aromatic heterocycles. The molecule has 0 heterocycles. The number of rotatable bonds is 3. The van der Waals surface area contributed by atoms with Crippen LogP contribution >= 0.6 is 17.0 Å². The third kappa shape index (κ3) is 4.37. The molecule has 0 aliphatic heterocycles. The third-order valence-corrected chi connectivity index (χ3v) is 4.43. The zero-order chi connectivity index (χ0) is 17.7. The van der Waals surface area contributed by atoms with Gasteiger partial charge in [0.2, 0.25) is 0 Å². The van der Waals surface area contributed by atoms with E-state index in [1.807, 2.05) is 0 Å². The summed E-state index contributed by atoms with van der Waals surface area (Å²) < 4.78 is 0. The summed E-state index contributed by atoms with van der Waals surface area (Å²) in [7, 11) is 9.87. The predicted octanol–water partition coefficient (Wildman–Crippen LogP) is 7.60. The summed E-state index contributed by atoms with van der Waals surface area (Å²) in [6, 6.07) is 18.0. The molecular weight excluding hydrogens is 414 g/mol. The number of halogens is 2. The summed E-state index contributed by atoms with van der Waals surface area (Å²) in [6.45, 7) is 9.01. The molecule has 0 N–H and O–H groups in total. The number of aryl methyl sites for hydroxylation is 2. The number of fused-ring (bicyclic) bond motifs is 1. The Morgan fingerprint density at radius 2 is 1.75 bits per heavy atom. The second kappa shape index (κ2) is 9.28. The molecule has 24 heavy (non-hydrogen) atoms. The predicted molar refractivity (Wildman–Crippen MR) is 105 cm³/mol. The van der Waals surface area contributed by atoms with Gasteiger partial charge in [-0.05, 0) is 30.4 Å². The van der Waals surface area contributed by atoms with Crippen molar-refractivity contribution in [1.29, 1.82) is 0 Å².